The first-order chi connectivity index (χ1) is 15.9. The molecular formula is C24H25N3O5S. The van der Waals surface area contributed by atoms with E-state index in [1.165, 1.54) is 0 Å². The molecule has 3 aromatic rings. The number of aromatic nitrogens is 1. The number of hydrogen-bond donors (Lipinski definition) is 3. The number of benzene rings is 2. The van der Waals surface area contributed by atoms with Gasteiger partial charge >= 0.3 is 5.97 Å². The summed E-state index contributed by atoms with van der Waals surface area (Å²) in [7, 11) is 1.55. The zero-order valence-electron chi connectivity index (χ0n) is 18.1. The van der Waals surface area contributed by atoms with Crippen molar-refractivity contribution < 1.29 is 24.2 Å². The number of pyridine rings is 1. The third-order valence-corrected chi connectivity index (χ3v) is 6.37. The maximum atomic E-state index is 11.9. The number of carbonyl (C=O) groups excluding carboxylic acids is 1. The van der Waals surface area contributed by atoms with Gasteiger partial charge in [0.2, 0.25) is 5.91 Å². The molecule has 1 saturated carbocycles. The average molecular weight is 468 g/mol. The zero-order chi connectivity index (χ0) is 23.4. The number of nitrogens with two attached hydrogens (primary N) is 1. The van der Waals surface area contributed by atoms with E-state index in [0.717, 1.165) is 39.2 Å². The first kappa shape index (κ1) is 22.9. The second-order valence-corrected chi connectivity index (χ2v) is 8.92. The number of nitrogens with zero attached hydrogens (tertiary/aromatic N) is 1. The molecular weight excluding hydrogens is 442 g/mol. The van der Waals surface area contributed by atoms with Crippen molar-refractivity contribution in [3.05, 3.63) is 48.7 Å². The topological polar surface area (TPSA) is 124 Å². The summed E-state index contributed by atoms with van der Waals surface area (Å²) in [5, 5.41) is 12.8. The summed E-state index contributed by atoms with van der Waals surface area (Å²) < 4.78 is 11.2. The lowest BCUT2D eigenvalue weighted by Crippen LogP contribution is -2.31. The van der Waals surface area contributed by atoms with Crippen LogP contribution >= 0.6 is 11.8 Å². The number of rotatable bonds is 10. The fraction of sp³-hybridized carbons (Fsp3) is 0.292. The van der Waals surface area contributed by atoms with Gasteiger partial charge in [-0.25, -0.2) is 0 Å². The monoisotopic (exact) mass is 467 g/mol. The highest BCUT2D eigenvalue weighted by molar-refractivity contribution is 7.99. The van der Waals surface area contributed by atoms with Crippen molar-refractivity contribution in [3.8, 4) is 11.5 Å². The van der Waals surface area contributed by atoms with Crippen molar-refractivity contribution in [3.63, 3.8) is 0 Å². The van der Waals surface area contributed by atoms with Crippen LogP contribution in [0.1, 0.15) is 19.3 Å². The van der Waals surface area contributed by atoms with Crippen molar-refractivity contribution in [2.45, 2.75) is 35.1 Å². The fourth-order valence-corrected chi connectivity index (χ4v) is 4.16. The molecule has 172 valence electrons. The van der Waals surface area contributed by atoms with Gasteiger partial charge in [0.1, 0.15) is 6.04 Å². The molecule has 8 nitrogen and oxygen atoms in total. The van der Waals surface area contributed by atoms with E-state index in [0.29, 0.717) is 11.5 Å². The van der Waals surface area contributed by atoms with Gasteiger partial charge in [-0.05, 0) is 49.2 Å². The Balaban J connectivity index is 1.49. The van der Waals surface area contributed by atoms with Crippen LogP contribution in [-0.4, -0.2) is 41.7 Å². The van der Waals surface area contributed by atoms with Gasteiger partial charge < -0.3 is 25.6 Å². The van der Waals surface area contributed by atoms with Gasteiger partial charge in [0, 0.05) is 45.5 Å². The molecule has 9 heteroatoms. The van der Waals surface area contributed by atoms with Crippen molar-refractivity contribution in [1.29, 1.82) is 0 Å². The molecule has 1 amide bonds. The lowest BCUT2D eigenvalue weighted by molar-refractivity contribution is -0.138. The molecule has 1 aliphatic rings. The van der Waals surface area contributed by atoms with Crippen LogP contribution in [0.25, 0.3) is 10.9 Å². The number of hydrogen-bond acceptors (Lipinski definition) is 7. The average Bonchev–Trinajstić information content (AvgIpc) is 3.65. The number of methoxy groups -OCH3 is 1. The standard InChI is InChI=1S/C24H25N3O5S/c1-31-20-12-17-19(13-21(20)32-11-9-18(25)24(29)30)26-10-8-22(17)33-16-6-4-15(5-7-16)27-23(28)14-2-3-14/h4-8,10,12-14,18H,2-3,9,11,25H2,1H3,(H,27,28)(H,29,30)/t18-/m0/s1. The predicted octanol–water partition coefficient (Wildman–Crippen LogP) is 3.92. The van der Waals surface area contributed by atoms with Gasteiger partial charge in [-0.1, -0.05) is 11.8 Å². The molecule has 1 atom stereocenters. The van der Waals surface area contributed by atoms with Gasteiger partial charge in [0.05, 0.1) is 19.2 Å². The van der Waals surface area contributed by atoms with Crippen LogP contribution in [0.5, 0.6) is 11.5 Å². The number of carboxylic acid groups (broad SMARTS) is 1. The highest BCUT2D eigenvalue weighted by Crippen LogP contribution is 2.38. The van der Waals surface area contributed by atoms with Crippen molar-refractivity contribution >= 4 is 40.2 Å². The van der Waals surface area contributed by atoms with Crippen LogP contribution < -0.4 is 20.5 Å². The Hall–Kier alpha value is -3.30. The van der Waals surface area contributed by atoms with Crippen molar-refractivity contribution in [2.24, 2.45) is 11.7 Å². The first-order valence-corrected chi connectivity index (χ1v) is 11.4. The summed E-state index contributed by atoms with van der Waals surface area (Å²) in [6, 6.07) is 12.3. The second-order valence-electron chi connectivity index (χ2n) is 7.80. The Morgan fingerprint density at radius 2 is 1.97 bits per heavy atom. The third kappa shape index (κ3) is 5.74. The number of carboxylic acids is 1. The molecule has 4 N–H and O–H groups in total. The number of nitrogens with one attached hydrogen (secondary N) is 1. The molecule has 0 radical (unpaired) electrons. The molecule has 0 bridgehead atoms. The number of aliphatic carboxylic acids is 1. The van der Waals surface area contributed by atoms with Crippen LogP contribution in [0, 0.1) is 5.92 Å². The minimum atomic E-state index is -1.06. The zero-order valence-corrected chi connectivity index (χ0v) is 18.9. The predicted molar refractivity (Wildman–Crippen MR) is 126 cm³/mol. The number of ether oxygens (including phenoxy) is 2. The van der Waals surface area contributed by atoms with Gasteiger partial charge in [-0.3, -0.25) is 14.6 Å². The highest BCUT2D eigenvalue weighted by Gasteiger charge is 2.29. The van der Waals surface area contributed by atoms with Crippen LogP contribution in [0.4, 0.5) is 5.69 Å². The Kier molecular flexibility index (Phi) is 7.00. The molecule has 0 spiro atoms. The molecule has 0 unspecified atom stereocenters. The van der Waals surface area contributed by atoms with Gasteiger partial charge in [0.15, 0.2) is 11.5 Å². The largest absolute Gasteiger partial charge is 0.493 e. The molecule has 2 aromatic carbocycles. The molecule has 1 aliphatic carbocycles. The molecule has 1 heterocycles. The second kappa shape index (κ2) is 10.1. The summed E-state index contributed by atoms with van der Waals surface area (Å²) in [5.74, 6) is 0.198. The molecule has 0 aliphatic heterocycles. The van der Waals surface area contributed by atoms with Gasteiger partial charge in [0.25, 0.3) is 0 Å². The third-order valence-electron chi connectivity index (χ3n) is 5.29. The maximum absolute atomic E-state index is 11.9. The summed E-state index contributed by atoms with van der Waals surface area (Å²) in [4.78, 5) is 29.3. The summed E-state index contributed by atoms with van der Waals surface area (Å²) in [6.45, 7) is 0.146. The fourth-order valence-electron chi connectivity index (χ4n) is 3.23. The maximum Gasteiger partial charge on any atom is 0.320 e. The Morgan fingerprint density at radius 3 is 2.64 bits per heavy atom. The molecule has 1 aromatic heterocycles. The van der Waals surface area contributed by atoms with E-state index in [1.807, 2.05) is 36.4 Å². The quantitative estimate of drug-likeness (QED) is 0.410. The Morgan fingerprint density at radius 1 is 1.21 bits per heavy atom. The van der Waals surface area contributed by atoms with E-state index in [9.17, 15) is 9.59 Å². The van der Waals surface area contributed by atoms with Crippen LogP contribution in [0.3, 0.4) is 0 Å². The van der Waals surface area contributed by atoms with E-state index >= 15 is 0 Å². The van der Waals surface area contributed by atoms with E-state index in [4.69, 9.17) is 20.3 Å². The van der Waals surface area contributed by atoms with Crippen molar-refractivity contribution in [2.75, 3.05) is 19.0 Å². The smallest absolute Gasteiger partial charge is 0.320 e. The summed E-state index contributed by atoms with van der Waals surface area (Å²) in [6.07, 6.45) is 3.85. The van der Waals surface area contributed by atoms with E-state index in [2.05, 4.69) is 10.3 Å². The summed E-state index contributed by atoms with van der Waals surface area (Å²) in [5.41, 5.74) is 7.06. The number of anilines is 1. The SMILES string of the molecule is COc1cc2c(Sc3ccc(NC(=O)C4CC4)cc3)ccnc2cc1OCC[C@H](N)C(=O)O. The van der Waals surface area contributed by atoms with Crippen molar-refractivity contribution in [1.82, 2.24) is 4.98 Å². The first-order valence-electron chi connectivity index (χ1n) is 10.6. The van der Waals surface area contributed by atoms with Gasteiger partial charge in [-0.2, -0.15) is 0 Å². The van der Waals surface area contributed by atoms with Crippen LogP contribution in [-0.2, 0) is 9.59 Å². The number of carbonyl (C=O) groups is 2. The van der Waals surface area contributed by atoms with Crippen LogP contribution in [0.15, 0.2) is 58.5 Å². The van der Waals surface area contributed by atoms with Gasteiger partial charge in [-0.15, -0.1) is 0 Å². The molecule has 0 saturated heterocycles. The molecule has 33 heavy (non-hydrogen) atoms. The summed E-state index contributed by atoms with van der Waals surface area (Å²) >= 11 is 1.58. The Labute approximate surface area is 195 Å². The van der Waals surface area contributed by atoms with Crippen LogP contribution in [0.2, 0.25) is 0 Å². The highest BCUT2D eigenvalue weighted by atomic mass is 32.2. The molecule has 1 fully saturated rings. The van der Waals surface area contributed by atoms with E-state index in [-0.39, 0.29) is 24.9 Å². The minimum absolute atomic E-state index is 0.0885. The lowest BCUT2D eigenvalue weighted by atomic mass is 10.2. The number of fused-ring (bicyclic) bond motifs is 1. The minimum Gasteiger partial charge on any atom is -0.493 e. The molecule has 4 rings (SSSR count). The number of amides is 1. The normalized spacial score (nSPS) is 14.0. The van der Waals surface area contributed by atoms with E-state index < -0.39 is 12.0 Å². The Bertz CT molecular complexity index is 1160. The van der Waals surface area contributed by atoms with E-state index in [1.54, 1.807) is 31.1 Å². The lowest BCUT2D eigenvalue weighted by Gasteiger charge is -2.14.